The Bertz CT molecular complexity index is 795. The average Bonchev–Trinajstić information content (AvgIpc) is 3.46. The SMILES string of the molecule is O=C(NC1CC1)C(O)C(C[C@@H]1CCNC1=O)NC(=O)[C@@H]1Cc2ccccc2CN1. The number of nitrogens with one attached hydrogen (secondary N) is 4. The summed E-state index contributed by atoms with van der Waals surface area (Å²) in [6.45, 7) is 1.17. The van der Waals surface area contributed by atoms with Gasteiger partial charge in [0.1, 0.15) is 0 Å². The van der Waals surface area contributed by atoms with Crippen molar-refractivity contribution in [2.75, 3.05) is 6.54 Å². The molecule has 0 bridgehead atoms. The largest absolute Gasteiger partial charge is 0.381 e. The minimum atomic E-state index is -1.39. The van der Waals surface area contributed by atoms with Gasteiger partial charge in [0.15, 0.2) is 6.10 Å². The van der Waals surface area contributed by atoms with Gasteiger partial charge in [-0.3, -0.25) is 14.4 Å². The third-order valence-corrected chi connectivity index (χ3v) is 6.00. The first kappa shape index (κ1) is 19.8. The summed E-state index contributed by atoms with van der Waals surface area (Å²) in [5, 5.41) is 22.2. The van der Waals surface area contributed by atoms with Crippen LogP contribution in [0.5, 0.6) is 0 Å². The van der Waals surface area contributed by atoms with Crippen LogP contribution in [0.15, 0.2) is 24.3 Å². The Morgan fingerprint density at radius 2 is 1.93 bits per heavy atom. The van der Waals surface area contributed by atoms with E-state index in [1.165, 1.54) is 5.56 Å². The minimum absolute atomic E-state index is 0.0937. The molecule has 4 rings (SSSR count). The van der Waals surface area contributed by atoms with E-state index in [1.54, 1.807) is 0 Å². The van der Waals surface area contributed by atoms with Crippen LogP contribution >= 0.6 is 0 Å². The number of hydrogen-bond donors (Lipinski definition) is 5. The predicted octanol–water partition coefficient (Wildman–Crippen LogP) is -0.649. The maximum Gasteiger partial charge on any atom is 0.251 e. The normalized spacial score (nSPS) is 25.5. The van der Waals surface area contributed by atoms with Gasteiger partial charge in [0, 0.05) is 25.0 Å². The van der Waals surface area contributed by atoms with Gasteiger partial charge in [-0.25, -0.2) is 0 Å². The molecule has 2 heterocycles. The molecule has 1 saturated carbocycles. The number of amides is 3. The van der Waals surface area contributed by atoms with E-state index in [0.717, 1.165) is 18.4 Å². The fraction of sp³-hybridized carbons (Fsp3) is 0.571. The number of carbonyl (C=O) groups is 3. The van der Waals surface area contributed by atoms with Crippen LogP contribution in [0.4, 0.5) is 0 Å². The molecule has 0 aromatic heterocycles. The average molecular weight is 400 g/mol. The van der Waals surface area contributed by atoms with Crippen molar-refractivity contribution in [3.05, 3.63) is 35.4 Å². The topological polar surface area (TPSA) is 120 Å². The Hall–Kier alpha value is -2.45. The summed E-state index contributed by atoms with van der Waals surface area (Å²) in [7, 11) is 0. The molecule has 2 unspecified atom stereocenters. The maximum absolute atomic E-state index is 12.9. The Labute approximate surface area is 169 Å². The standard InChI is InChI=1S/C21H28N4O4/c26-18(21(29)24-15-5-6-15)16(10-13-7-8-22-19(13)27)25-20(28)17-9-12-3-1-2-4-14(12)11-23-17/h1-4,13,15-18,23,26H,5-11H2,(H,22,27)(H,24,29)(H,25,28)/t13-,16?,17-,18?/m0/s1. The van der Waals surface area contributed by atoms with E-state index in [4.69, 9.17) is 0 Å². The van der Waals surface area contributed by atoms with Gasteiger partial charge < -0.3 is 26.4 Å². The highest BCUT2D eigenvalue weighted by Crippen LogP contribution is 2.22. The molecule has 5 N–H and O–H groups in total. The second kappa shape index (κ2) is 8.51. The van der Waals surface area contributed by atoms with Crippen molar-refractivity contribution in [1.82, 2.24) is 21.3 Å². The Morgan fingerprint density at radius 1 is 1.17 bits per heavy atom. The first-order valence-corrected chi connectivity index (χ1v) is 10.4. The lowest BCUT2D eigenvalue weighted by Gasteiger charge is -2.30. The van der Waals surface area contributed by atoms with Gasteiger partial charge in [0.25, 0.3) is 5.91 Å². The van der Waals surface area contributed by atoms with E-state index < -0.39 is 24.1 Å². The Kier molecular flexibility index (Phi) is 5.82. The van der Waals surface area contributed by atoms with Gasteiger partial charge in [-0.1, -0.05) is 24.3 Å². The summed E-state index contributed by atoms with van der Waals surface area (Å²) in [6, 6.07) is 6.82. The van der Waals surface area contributed by atoms with Gasteiger partial charge >= 0.3 is 0 Å². The third kappa shape index (κ3) is 4.76. The molecule has 1 saturated heterocycles. The number of hydrogen-bond acceptors (Lipinski definition) is 5. The van der Waals surface area contributed by atoms with E-state index in [9.17, 15) is 19.5 Å². The Morgan fingerprint density at radius 3 is 2.62 bits per heavy atom. The summed E-state index contributed by atoms with van der Waals surface area (Å²) in [5.41, 5.74) is 2.28. The van der Waals surface area contributed by atoms with Gasteiger partial charge in [0.2, 0.25) is 11.8 Å². The van der Waals surface area contributed by atoms with E-state index in [2.05, 4.69) is 21.3 Å². The van der Waals surface area contributed by atoms with Crippen molar-refractivity contribution in [2.45, 2.75) is 62.9 Å². The molecule has 8 heteroatoms. The van der Waals surface area contributed by atoms with E-state index >= 15 is 0 Å². The summed E-state index contributed by atoms with van der Waals surface area (Å²) in [6.07, 6.45) is 1.85. The molecule has 1 aromatic carbocycles. The van der Waals surface area contributed by atoms with Gasteiger partial charge in [-0.05, 0) is 43.2 Å². The van der Waals surface area contributed by atoms with Crippen LogP contribution in [0.25, 0.3) is 0 Å². The summed E-state index contributed by atoms with van der Waals surface area (Å²) in [4.78, 5) is 37.3. The van der Waals surface area contributed by atoms with Crippen molar-refractivity contribution in [1.29, 1.82) is 0 Å². The summed E-state index contributed by atoms with van der Waals surface area (Å²) >= 11 is 0. The molecule has 8 nitrogen and oxygen atoms in total. The van der Waals surface area contributed by atoms with Crippen LogP contribution in [-0.4, -0.2) is 53.6 Å². The molecular formula is C21H28N4O4. The zero-order valence-electron chi connectivity index (χ0n) is 16.3. The number of aliphatic hydroxyl groups is 1. The lowest BCUT2D eigenvalue weighted by Crippen LogP contribution is -2.56. The highest BCUT2D eigenvalue weighted by atomic mass is 16.3. The quantitative estimate of drug-likeness (QED) is 0.417. The lowest BCUT2D eigenvalue weighted by molar-refractivity contribution is -0.134. The minimum Gasteiger partial charge on any atom is -0.381 e. The zero-order valence-corrected chi connectivity index (χ0v) is 16.3. The van der Waals surface area contributed by atoms with Crippen LogP contribution in [0.1, 0.15) is 36.8 Å². The molecule has 3 aliphatic rings. The summed E-state index contributed by atoms with van der Waals surface area (Å²) < 4.78 is 0. The molecule has 4 atom stereocenters. The molecule has 29 heavy (non-hydrogen) atoms. The number of aliphatic hydroxyl groups excluding tert-OH is 1. The monoisotopic (exact) mass is 400 g/mol. The van der Waals surface area contributed by atoms with Crippen molar-refractivity contribution in [3.8, 4) is 0 Å². The van der Waals surface area contributed by atoms with Gasteiger partial charge in [-0.2, -0.15) is 0 Å². The van der Waals surface area contributed by atoms with Crippen molar-refractivity contribution in [3.63, 3.8) is 0 Å². The number of carbonyl (C=O) groups excluding carboxylic acids is 3. The lowest BCUT2D eigenvalue weighted by atomic mass is 9.92. The first-order chi connectivity index (χ1) is 14.0. The molecule has 1 aromatic rings. The molecular weight excluding hydrogens is 372 g/mol. The second-order valence-electron chi connectivity index (χ2n) is 8.26. The predicted molar refractivity (Wildman–Crippen MR) is 106 cm³/mol. The van der Waals surface area contributed by atoms with Crippen LogP contribution < -0.4 is 21.3 Å². The molecule has 2 fully saturated rings. The molecule has 0 radical (unpaired) electrons. The number of benzene rings is 1. The number of rotatable bonds is 7. The maximum atomic E-state index is 12.9. The van der Waals surface area contributed by atoms with Crippen molar-refractivity contribution in [2.24, 2.45) is 5.92 Å². The van der Waals surface area contributed by atoms with Crippen LogP contribution in [0.2, 0.25) is 0 Å². The van der Waals surface area contributed by atoms with Crippen LogP contribution in [0, 0.1) is 5.92 Å². The smallest absolute Gasteiger partial charge is 0.251 e. The first-order valence-electron chi connectivity index (χ1n) is 10.4. The fourth-order valence-corrected chi connectivity index (χ4v) is 4.06. The second-order valence-corrected chi connectivity index (χ2v) is 8.26. The van der Waals surface area contributed by atoms with Crippen molar-refractivity contribution >= 4 is 17.7 Å². The van der Waals surface area contributed by atoms with Gasteiger partial charge in [0.05, 0.1) is 12.1 Å². The van der Waals surface area contributed by atoms with Crippen LogP contribution in [0.3, 0.4) is 0 Å². The highest BCUT2D eigenvalue weighted by molar-refractivity contribution is 5.86. The molecule has 0 spiro atoms. The highest BCUT2D eigenvalue weighted by Gasteiger charge is 2.37. The van der Waals surface area contributed by atoms with Crippen molar-refractivity contribution < 1.29 is 19.5 Å². The molecule has 156 valence electrons. The number of fused-ring (bicyclic) bond motifs is 1. The van der Waals surface area contributed by atoms with Gasteiger partial charge in [-0.15, -0.1) is 0 Å². The molecule has 2 aliphatic heterocycles. The van der Waals surface area contributed by atoms with E-state index in [1.807, 2.05) is 24.3 Å². The summed E-state index contributed by atoms with van der Waals surface area (Å²) in [5.74, 6) is -1.16. The van der Waals surface area contributed by atoms with E-state index in [-0.39, 0.29) is 30.2 Å². The molecule has 1 aliphatic carbocycles. The van der Waals surface area contributed by atoms with Crippen LogP contribution in [-0.2, 0) is 27.3 Å². The molecule has 3 amide bonds. The fourth-order valence-electron chi connectivity index (χ4n) is 4.06. The zero-order chi connectivity index (χ0) is 20.4. The third-order valence-electron chi connectivity index (χ3n) is 6.00. The van der Waals surface area contributed by atoms with E-state index in [0.29, 0.717) is 25.9 Å². The Balaban J connectivity index is 1.43.